The van der Waals surface area contributed by atoms with E-state index in [1.807, 2.05) is 0 Å². The lowest BCUT2D eigenvalue weighted by atomic mass is 10.1. The van der Waals surface area contributed by atoms with E-state index in [1.54, 1.807) is 42.5 Å². The third kappa shape index (κ3) is 4.01. The van der Waals surface area contributed by atoms with Crippen LogP contribution < -0.4 is 10.6 Å². The van der Waals surface area contributed by atoms with E-state index in [9.17, 15) is 14.4 Å². The molecule has 9 nitrogen and oxygen atoms in total. The van der Waals surface area contributed by atoms with Crippen molar-refractivity contribution in [1.29, 1.82) is 0 Å². The van der Waals surface area contributed by atoms with Crippen LogP contribution in [0.2, 0.25) is 0 Å². The van der Waals surface area contributed by atoms with Crippen molar-refractivity contribution in [1.82, 2.24) is 20.7 Å². The van der Waals surface area contributed by atoms with Crippen molar-refractivity contribution in [2.75, 3.05) is 11.9 Å². The van der Waals surface area contributed by atoms with Gasteiger partial charge in [-0.15, -0.1) is 5.10 Å². The number of anilines is 1. The van der Waals surface area contributed by atoms with Gasteiger partial charge in [0.05, 0.1) is 11.9 Å². The van der Waals surface area contributed by atoms with Crippen molar-refractivity contribution in [3.05, 3.63) is 53.6 Å². The largest absolute Gasteiger partial charge is 0.481 e. The molecule has 26 heavy (non-hydrogen) atoms. The van der Waals surface area contributed by atoms with E-state index in [4.69, 9.17) is 5.11 Å². The van der Waals surface area contributed by atoms with E-state index in [-0.39, 0.29) is 24.8 Å². The van der Waals surface area contributed by atoms with E-state index in [2.05, 4.69) is 26.0 Å². The Bertz CT molecular complexity index is 965. The fourth-order valence-corrected chi connectivity index (χ4v) is 2.28. The van der Waals surface area contributed by atoms with Crippen molar-refractivity contribution >= 4 is 34.5 Å². The highest BCUT2D eigenvalue weighted by Crippen LogP contribution is 2.14. The SMILES string of the molecule is O=C(O)CCNC(=O)c1ccc(NC(=O)c2ccc3[nH]nnc3c2)cc1. The van der Waals surface area contributed by atoms with Crippen LogP contribution in [0, 0.1) is 0 Å². The first kappa shape index (κ1) is 17.1. The lowest BCUT2D eigenvalue weighted by Gasteiger charge is -2.07. The predicted molar refractivity (Wildman–Crippen MR) is 92.9 cm³/mol. The molecule has 0 radical (unpaired) electrons. The molecule has 0 aliphatic rings. The fourth-order valence-electron chi connectivity index (χ4n) is 2.28. The molecular formula is C17H15N5O4. The highest BCUT2D eigenvalue weighted by atomic mass is 16.4. The quantitative estimate of drug-likeness (QED) is 0.529. The number of carboxylic acids is 1. The molecule has 0 bridgehead atoms. The minimum absolute atomic E-state index is 0.0528. The molecule has 0 fully saturated rings. The first-order chi connectivity index (χ1) is 12.5. The molecule has 0 unspecified atom stereocenters. The number of fused-ring (bicyclic) bond motifs is 1. The van der Waals surface area contributed by atoms with Crippen LogP contribution in [-0.2, 0) is 4.79 Å². The summed E-state index contributed by atoms with van der Waals surface area (Å²) in [4.78, 5) is 34.6. The molecule has 0 spiro atoms. The number of H-pyrrole nitrogens is 1. The Morgan fingerprint density at radius 1 is 1.00 bits per heavy atom. The Hall–Kier alpha value is -3.75. The highest BCUT2D eigenvalue weighted by molar-refractivity contribution is 6.06. The molecule has 132 valence electrons. The number of hydrogen-bond donors (Lipinski definition) is 4. The monoisotopic (exact) mass is 353 g/mol. The second-order valence-electron chi connectivity index (χ2n) is 5.47. The van der Waals surface area contributed by atoms with Crippen molar-refractivity contribution in [3.8, 4) is 0 Å². The summed E-state index contributed by atoms with van der Waals surface area (Å²) < 4.78 is 0. The van der Waals surface area contributed by atoms with E-state index in [0.717, 1.165) is 5.52 Å². The molecular weight excluding hydrogens is 338 g/mol. The third-order valence-electron chi connectivity index (χ3n) is 3.62. The molecule has 2 aromatic carbocycles. The van der Waals surface area contributed by atoms with Gasteiger partial charge in [0.25, 0.3) is 11.8 Å². The average Bonchev–Trinajstić information content (AvgIpc) is 3.09. The molecule has 0 saturated carbocycles. The van der Waals surface area contributed by atoms with E-state index < -0.39 is 5.97 Å². The second kappa shape index (κ2) is 7.43. The summed E-state index contributed by atoms with van der Waals surface area (Å²) in [5, 5.41) is 24.0. The van der Waals surface area contributed by atoms with Crippen LogP contribution in [-0.4, -0.2) is 44.8 Å². The summed E-state index contributed by atoms with van der Waals surface area (Å²) in [6.07, 6.45) is -0.143. The van der Waals surface area contributed by atoms with Gasteiger partial charge in [-0.1, -0.05) is 5.21 Å². The summed E-state index contributed by atoms with van der Waals surface area (Å²) in [5.41, 5.74) is 2.66. The van der Waals surface area contributed by atoms with Crippen LogP contribution in [0.15, 0.2) is 42.5 Å². The number of aromatic nitrogens is 3. The zero-order chi connectivity index (χ0) is 18.5. The van der Waals surface area contributed by atoms with Crippen LogP contribution in [0.25, 0.3) is 11.0 Å². The third-order valence-corrected chi connectivity index (χ3v) is 3.62. The minimum atomic E-state index is -0.979. The lowest BCUT2D eigenvalue weighted by Crippen LogP contribution is -2.25. The Morgan fingerprint density at radius 3 is 2.46 bits per heavy atom. The molecule has 1 aromatic heterocycles. The fraction of sp³-hybridized carbons (Fsp3) is 0.118. The topological polar surface area (TPSA) is 137 Å². The number of aliphatic carboxylic acids is 1. The van der Waals surface area contributed by atoms with Gasteiger partial charge in [-0.2, -0.15) is 0 Å². The molecule has 0 saturated heterocycles. The summed E-state index contributed by atoms with van der Waals surface area (Å²) in [6.45, 7) is 0.0528. The zero-order valence-electron chi connectivity index (χ0n) is 13.5. The molecule has 0 atom stereocenters. The number of carbonyl (C=O) groups is 3. The van der Waals surface area contributed by atoms with Crippen LogP contribution >= 0.6 is 0 Å². The number of carboxylic acid groups (broad SMARTS) is 1. The van der Waals surface area contributed by atoms with E-state index in [1.165, 1.54) is 0 Å². The van der Waals surface area contributed by atoms with Gasteiger partial charge in [0, 0.05) is 23.4 Å². The minimum Gasteiger partial charge on any atom is -0.481 e. The van der Waals surface area contributed by atoms with Gasteiger partial charge in [-0.05, 0) is 42.5 Å². The zero-order valence-corrected chi connectivity index (χ0v) is 13.5. The van der Waals surface area contributed by atoms with Crippen molar-refractivity contribution in [2.45, 2.75) is 6.42 Å². The number of nitrogens with one attached hydrogen (secondary N) is 3. The summed E-state index contributed by atoms with van der Waals surface area (Å²) in [7, 11) is 0. The molecule has 3 aromatic rings. The van der Waals surface area contributed by atoms with Crippen LogP contribution in [0.1, 0.15) is 27.1 Å². The normalized spacial score (nSPS) is 10.5. The molecule has 0 aliphatic carbocycles. The number of hydrogen-bond acceptors (Lipinski definition) is 5. The second-order valence-corrected chi connectivity index (χ2v) is 5.47. The Labute approximate surface area is 147 Å². The van der Waals surface area contributed by atoms with E-state index >= 15 is 0 Å². The maximum atomic E-state index is 12.3. The summed E-state index contributed by atoms with van der Waals surface area (Å²) >= 11 is 0. The highest BCUT2D eigenvalue weighted by Gasteiger charge is 2.10. The maximum absolute atomic E-state index is 12.3. The van der Waals surface area contributed by atoms with Crippen LogP contribution in [0.4, 0.5) is 5.69 Å². The standard InChI is InChI=1S/C17H15N5O4/c23-15(24)7-8-18-16(25)10-1-4-12(5-2-10)19-17(26)11-3-6-13-14(9-11)21-22-20-13/h1-6,9H,7-8H2,(H,18,25)(H,19,26)(H,23,24)(H,20,21,22). The van der Waals surface area contributed by atoms with Gasteiger partial charge in [0.15, 0.2) is 0 Å². The molecule has 1 heterocycles. The van der Waals surface area contributed by atoms with Gasteiger partial charge >= 0.3 is 5.97 Å². The predicted octanol–water partition coefficient (Wildman–Crippen LogP) is 1.41. The molecule has 9 heteroatoms. The number of carbonyl (C=O) groups excluding carboxylic acids is 2. The van der Waals surface area contributed by atoms with Crippen molar-refractivity contribution in [2.24, 2.45) is 0 Å². The van der Waals surface area contributed by atoms with Gasteiger partial charge in [0.2, 0.25) is 0 Å². The number of nitrogens with zero attached hydrogens (tertiary/aromatic N) is 2. The van der Waals surface area contributed by atoms with E-state index in [0.29, 0.717) is 22.3 Å². The lowest BCUT2D eigenvalue weighted by molar-refractivity contribution is -0.136. The van der Waals surface area contributed by atoms with Gasteiger partial charge in [-0.25, -0.2) is 0 Å². The molecule has 2 amide bonds. The number of rotatable bonds is 6. The Kier molecular flexibility index (Phi) is 4.88. The van der Waals surface area contributed by atoms with Crippen LogP contribution in [0.3, 0.4) is 0 Å². The smallest absolute Gasteiger partial charge is 0.305 e. The van der Waals surface area contributed by atoms with Crippen LogP contribution in [0.5, 0.6) is 0 Å². The molecule has 4 N–H and O–H groups in total. The average molecular weight is 353 g/mol. The van der Waals surface area contributed by atoms with Gasteiger partial charge in [-0.3, -0.25) is 19.5 Å². The summed E-state index contributed by atoms with van der Waals surface area (Å²) in [5.74, 6) is -1.67. The first-order valence-electron chi connectivity index (χ1n) is 7.75. The number of benzene rings is 2. The van der Waals surface area contributed by atoms with Gasteiger partial charge in [0.1, 0.15) is 5.52 Å². The Balaban J connectivity index is 1.62. The van der Waals surface area contributed by atoms with Gasteiger partial charge < -0.3 is 15.7 Å². The molecule has 0 aliphatic heterocycles. The molecule has 3 rings (SSSR count). The number of amides is 2. The summed E-state index contributed by atoms with van der Waals surface area (Å²) in [6, 6.07) is 11.3. The first-order valence-corrected chi connectivity index (χ1v) is 7.75. The number of aromatic amines is 1. The maximum Gasteiger partial charge on any atom is 0.305 e. The Morgan fingerprint density at radius 2 is 1.73 bits per heavy atom. The van der Waals surface area contributed by atoms with Crippen molar-refractivity contribution < 1.29 is 19.5 Å². The van der Waals surface area contributed by atoms with Crippen molar-refractivity contribution in [3.63, 3.8) is 0 Å².